The Hall–Kier alpha value is -1.21. The average Bonchev–Trinajstić information content (AvgIpc) is 2.71. The van der Waals surface area contributed by atoms with E-state index < -0.39 is 24.2 Å². The molecule has 0 aromatic rings. The third-order valence-corrected chi connectivity index (χ3v) is 4.34. The predicted molar refractivity (Wildman–Crippen MR) is 82.8 cm³/mol. The topological polar surface area (TPSA) is 85.2 Å². The van der Waals surface area contributed by atoms with E-state index in [1.165, 1.54) is 7.11 Å². The van der Waals surface area contributed by atoms with Crippen molar-refractivity contribution in [1.29, 1.82) is 0 Å². The number of hydrogen-bond donors (Lipinski definition) is 2. The summed E-state index contributed by atoms with van der Waals surface area (Å²) in [6.45, 7) is 8.02. The highest BCUT2D eigenvalue weighted by Gasteiger charge is 2.53. The second kappa shape index (κ2) is 7.13. The molecular formula is C17H26O6. The van der Waals surface area contributed by atoms with Gasteiger partial charge < -0.3 is 14.9 Å². The van der Waals surface area contributed by atoms with Gasteiger partial charge in [-0.1, -0.05) is 27.7 Å². The molecule has 0 spiro atoms. The van der Waals surface area contributed by atoms with E-state index in [0.29, 0.717) is 0 Å². The van der Waals surface area contributed by atoms with Gasteiger partial charge in [0.05, 0.1) is 19.1 Å². The van der Waals surface area contributed by atoms with Crippen molar-refractivity contribution < 1.29 is 29.5 Å². The van der Waals surface area contributed by atoms with E-state index in [9.17, 15) is 15.0 Å². The number of ketones is 1. The van der Waals surface area contributed by atoms with Gasteiger partial charge in [0, 0.05) is 17.8 Å². The van der Waals surface area contributed by atoms with Crippen molar-refractivity contribution in [3.63, 3.8) is 0 Å². The SMILES string of the molecule is COOC1C(=O)C(C2C=C(C(C)C)OC(C(C)C)=C2)C(O)C1O. The van der Waals surface area contributed by atoms with Gasteiger partial charge in [0.2, 0.25) is 0 Å². The lowest BCUT2D eigenvalue weighted by Gasteiger charge is -2.29. The molecule has 6 heteroatoms. The van der Waals surface area contributed by atoms with Crippen molar-refractivity contribution in [1.82, 2.24) is 0 Å². The van der Waals surface area contributed by atoms with Gasteiger partial charge in [0.1, 0.15) is 17.6 Å². The highest BCUT2D eigenvalue weighted by atomic mass is 17.2. The van der Waals surface area contributed by atoms with Crippen molar-refractivity contribution in [2.75, 3.05) is 7.11 Å². The number of carbonyl (C=O) groups is 1. The maximum Gasteiger partial charge on any atom is 0.180 e. The van der Waals surface area contributed by atoms with Crippen LogP contribution >= 0.6 is 0 Å². The minimum atomic E-state index is -1.30. The monoisotopic (exact) mass is 326 g/mol. The molecule has 2 N–H and O–H groups in total. The van der Waals surface area contributed by atoms with Crippen LogP contribution in [-0.2, 0) is 19.3 Å². The zero-order chi connectivity index (χ0) is 17.3. The summed E-state index contributed by atoms with van der Waals surface area (Å²) >= 11 is 0. The molecule has 1 heterocycles. The van der Waals surface area contributed by atoms with E-state index in [2.05, 4.69) is 4.89 Å². The molecule has 6 nitrogen and oxygen atoms in total. The van der Waals surface area contributed by atoms with Crippen molar-refractivity contribution in [3.05, 3.63) is 23.7 Å². The lowest BCUT2D eigenvalue weighted by Crippen LogP contribution is -2.33. The first-order chi connectivity index (χ1) is 10.8. The molecule has 4 unspecified atom stereocenters. The van der Waals surface area contributed by atoms with E-state index in [-0.39, 0.29) is 23.5 Å². The van der Waals surface area contributed by atoms with Crippen LogP contribution < -0.4 is 0 Å². The maximum atomic E-state index is 12.5. The molecule has 0 bridgehead atoms. The third-order valence-electron chi connectivity index (χ3n) is 4.34. The van der Waals surface area contributed by atoms with Crippen LogP contribution in [0.2, 0.25) is 0 Å². The maximum absolute atomic E-state index is 12.5. The molecule has 0 aromatic heterocycles. The largest absolute Gasteiger partial charge is 0.466 e. The number of aliphatic hydroxyl groups excluding tert-OH is 2. The Labute approximate surface area is 136 Å². The van der Waals surface area contributed by atoms with Crippen molar-refractivity contribution in [2.45, 2.75) is 46.0 Å². The van der Waals surface area contributed by atoms with Gasteiger partial charge in [-0.2, -0.15) is 0 Å². The molecular weight excluding hydrogens is 300 g/mol. The molecule has 130 valence electrons. The van der Waals surface area contributed by atoms with Crippen molar-refractivity contribution in [2.24, 2.45) is 23.7 Å². The minimum Gasteiger partial charge on any atom is -0.466 e. The molecule has 0 radical (unpaired) electrons. The van der Waals surface area contributed by atoms with Gasteiger partial charge in [-0.25, -0.2) is 9.78 Å². The first-order valence-corrected chi connectivity index (χ1v) is 7.98. The first-order valence-electron chi connectivity index (χ1n) is 7.98. The Morgan fingerprint density at radius 2 is 1.57 bits per heavy atom. The summed E-state index contributed by atoms with van der Waals surface area (Å²) in [4.78, 5) is 21.9. The Bertz CT molecular complexity index is 483. The van der Waals surface area contributed by atoms with Crippen molar-refractivity contribution in [3.8, 4) is 0 Å². The van der Waals surface area contributed by atoms with Crippen LogP contribution in [0.1, 0.15) is 27.7 Å². The van der Waals surface area contributed by atoms with E-state index in [0.717, 1.165) is 11.5 Å². The number of allylic oxidation sites excluding steroid dienone is 4. The summed E-state index contributed by atoms with van der Waals surface area (Å²) in [5.74, 6) is 0.364. The molecule has 1 aliphatic heterocycles. The van der Waals surface area contributed by atoms with E-state index >= 15 is 0 Å². The number of carbonyl (C=O) groups excluding carboxylic acids is 1. The van der Waals surface area contributed by atoms with Crippen molar-refractivity contribution >= 4 is 5.78 Å². The lowest BCUT2D eigenvalue weighted by atomic mass is 9.84. The summed E-state index contributed by atoms with van der Waals surface area (Å²) in [7, 11) is 1.27. The molecule has 2 aliphatic rings. The highest BCUT2D eigenvalue weighted by molar-refractivity contribution is 5.90. The quantitative estimate of drug-likeness (QED) is 0.589. The highest BCUT2D eigenvalue weighted by Crippen LogP contribution is 2.38. The summed E-state index contributed by atoms with van der Waals surface area (Å²) in [5.41, 5.74) is 0. The van der Waals surface area contributed by atoms with Crippen LogP contribution in [0.5, 0.6) is 0 Å². The molecule has 1 aliphatic carbocycles. The fourth-order valence-corrected chi connectivity index (χ4v) is 3.00. The molecule has 4 atom stereocenters. The summed E-state index contributed by atoms with van der Waals surface area (Å²) < 4.78 is 5.88. The van der Waals surface area contributed by atoms with Gasteiger partial charge in [-0.15, -0.1) is 0 Å². The number of aliphatic hydroxyl groups is 2. The molecule has 2 rings (SSSR count). The fourth-order valence-electron chi connectivity index (χ4n) is 3.00. The van der Waals surface area contributed by atoms with Crippen LogP contribution in [0.25, 0.3) is 0 Å². The van der Waals surface area contributed by atoms with Gasteiger partial charge >= 0.3 is 0 Å². The van der Waals surface area contributed by atoms with Crippen LogP contribution in [0.3, 0.4) is 0 Å². The second-order valence-corrected chi connectivity index (χ2v) is 6.72. The molecule has 0 amide bonds. The van der Waals surface area contributed by atoms with Crippen LogP contribution in [0.4, 0.5) is 0 Å². The Balaban J connectivity index is 2.34. The minimum absolute atomic E-state index is 0.157. The fraction of sp³-hybridized carbons (Fsp3) is 0.706. The molecule has 0 aromatic carbocycles. The van der Waals surface area contributed by atoms with E-state index in [4.69, 9.17) is 9.62 Å². The van der Waals surface area contributed by atoms with Gasteiger partial charge in [0.15, 0.2) is 11.9 Å². The number of rotatable bonds is 5. The van der Waals surface area contributed by atoms with Gasteiger partial charge in [-0.05, 0) is 12.2 Å². The van der Waals surface area contributed by atoms with Crippen LogP contribution in [0.15, 0.2) is 23.7 Å². The zero-order valence-corrected chi connectivity index (χ0v) is 14.2. The van der Waals surface area contributed by atoms with Crippen LogP contribution in [0, 0.1) is 23.7 Å². The molecule has 1 saturated carbocycles. The third kappa shape index (κ3) is 3.50. The normalized spacial score (nSPS) is 32.3. The predicted octanol–water partition coefficient (Wildman–Crippen LogP) is 1.58. The Morgan fingerprint density at radius 3 is 2.00 bits per heavy atom. The Morgan fingerprint density at radius 1 is 1.04 bits per heavy atom. The lowest BCUT2D eigenvalue weighted by molar-refractivity contribution is -0.309. The standard InChI is InChI=1S/C17H26O6/c1-8(2)11-6-10(7-12(22-11)9(3)4)13-14(18)16(20)17(15(13)19)23-21-5/h6-10,13-14,16-18,20H,1-5H3. The summed E-state index contributed by atoms with van der Waals surface area (Å²) in [6.07, 6.45) is 0.0193. The molecule has 0 saturated heterocycles. The Kier molecular flexibility index (Phi) is 5.62. The zero-order valence-electron chi connectivity index (χ0n) is 14.2. The molecule has 1 fully saturated rings. The first kappa shape index (κ1) is 18.1. The van der Waals surface area contributed by atoms with E-state index in [1.54, 1.807) is 0 Å². The number of Topliss-reactive ketones (excluding diaryl/α,β-unsaturated/α-hetero) is 1. The number of ether oxygens (including phenoxy) is 1. The number of hydrogen-bond acceptors (Lipinski definition) is 6. The average molecular weight is 326 g/mol. The summed E-state index contributed by atoms with van der Waals surface area (Å²) in [6, 6.07) is 0. The summed E-state index contributed by atoms with van der Waals surface area (Å²) in [5, 5.41) is 20.4. The smallest absolute Gasteiger partial charge is 0.180 e. The second-order valence-electron chi connectivity index (χ2n) is 6.72. The van der Waals surface area contributed by atoms with Gasteiger partial charge in [-0.3, -0.25) is 4.79 Å². The van der Waals surface area contributed by atoms with Crippen LogP contribution in [-0.4, -0.2) is 41.4 Å². The molecule has 23 heavy (non-hydrogen) atoms. The van der Waals surface area contributed by atoms with E-state index in [1.807, 2.05) is 39.8 Å². The van der Waals surface area contributed by atoms with Gasteiger partial charge in [0.25, 0.3) is 0 Å².